The number of methoxy groups -OCH3 is 1. The molecule has 0 saturated heterocycles. The number of hydrazone groups is 1. The Hall–Kier alpha value is -4.63. The number of amides is 1. The minimum absolute atomic E-state index is 0.0214. The Morgan fingerprint density at radius 1 is 0.875 bits per heavy atom. The Kier molecular flexibility index (Phi) is 9.19. The molecule has 0 fully saturated rings. The summed E-state index contributed by atoms with van der Waals surface area (Å²) in [7, 11) is -2.55. The van der Waals surface area contributed by atoms with Crippen LogP contribution < -0.4 is 19.2 Å². The number of hydrogen-bond acceptors (Lipinski definition) is 6. The van der Waals surface area contributed by atoms with Crippen LogP contribution in [-0.2, 0) is 16.6 Å². The van der Waals surface area contributed by atoms with E-state index in [-0.39, 0.29) is 28.8 Å². The number of nitrogens with one attached hydrogen (secondary N) is 1. The molecule has 4 rings (SSSR count). The van der Waals surface area contributed by atoms with E-state index in [0.29, 0.717) is 5.75 Å². The second-order valence-corrected chi connectivity index (χ2v) is 11.0. The topological polar surface area (TPSA) is 97.3 Å². The van der Waals surface area contributed by atoms with Gasteiger partial charge in [0.15, 0.2) is 0 Å². The largest absolute Gasteiger partial charge is 0.497 e. The van der Waals surface area contributed by atoms with Crippen LogP contribution in [0.25, 0.3) is 0 Å². The third kappa shape index (κ3) is 7.06. The summed E-state index contributed by atoms with van der Waals surface area (Å²) in [5, 5.41) is 4.09. The molecule has 206 valence electrons. The molecular weight excluding hydrogens is 526 g/mol. The van der Waals surface area contributed by atoms with Gasteiger partial charge in [-0.2, -0.15) is 5.10 Å². The van der Waals surface area contributed by atoms with Gasteiger partial charge >= 0.3 is 0 Å². The summed E-state index contributed by atoms with van der Waals surface area (Å²) in [5.74, 6) is 0.726. The highest BCUT2D eigenvalue weighted by atomic mass is 32.2. The van der Waals surface area contributed by atoms with Crippen LogP contribution in [0.5, 0.6) is 11.5 Å². The summed E-state index contributed by atoms with van der Waals surface area (Å²) < 4.78 is 39.9. The monoisotopic (exact) mass is 557 g/mol. The molecule has 9 heteroatoms. The van der Waals surface area contributed by atoms with Crippen molar-refractivity contribution in [2.45, 2.75) is 31.4 Å². The molecule has 8 nitrogen and oxygen atoms in total. The number of benzene rings is 4. The van der Waals surface area contributed by atoms with Crippen LogP contribution in [0.4, 0.5) is 5.69 Å². The second-order valence-electron chi connectivity index (χ2n) is 9.12. The number of sulfonamides is 1. The van der Waals surface area contributed by atoms with Crippen molar-refractivity contribution in [2.75, 3.05) is 11.4 Å². The Morgan fingerprint density at radius 2 is 1.50 bits per heavy atom. The Morgan fingerprint density at radius 3 is 2.15 bits per heavy atom. The van der Waals surface area contributed by atoms with Gasteiger partial charge in [0, 0.05) is 0 Å². The third-order valence-electron chi connectivity index (χ3n) is 5.87. The summed E-state index contributed by atoms with van der Waals surface area (Å²) in [4.78, 5) is 13.3. The first-order valence-electron chi connectivity index (χ1n) is 12.7. The maximum atomic E-state index is 13.9. The molecular formula is C31H31N3O5S. The van der Waals surface area contributed by atoms with Gasteiger partial charge in [0.05, 0.1) is 42.1 Å². The van der Waals surface area contributed by atoms with Crippen molar-refractivity contribution in [3.63, 3.8) is 0 Å². The first-order chi connectivity index (χ1) is 19.3. The van der Waals surface area contributed by atoms with Crippen LogP contribution in [-0.4, -0.2) is 33.8 Å². The number of ether oxygens (including phenoxy) is 2. The van der Waals surface area contributed by atoms with Crippen molar-refractivity contribution < 1.29 is 22.7 Å². The molecule has 0 heterocycles. The molecule has 1 amide bonds. The van der Waals surface area contributed by atoms with Crippen molar-refractivity contribution in [3.8, 4) is 11.5 Å². The number of para-hydroxylation sites is 1. The normalized spacial score (nSPS) is 11.4. The van der Waals surface area contributed by atoms with Gasteiger partial charge in [-0.15, -0.1) is 0 Å². The van der Waals surface area contributed by atoms with Gasteiger partial charge in [0.1, 0.15) is 11.5 Å². The maximum Gasteiger partial charge on any atom is 0.273 e. The van der Waals surface area contributed by atoms with E-state index in [1.54, 1.807) is 36.4 Å². The van der Waals surface area contributed by atoms with E-state index in [1.165, 1.54) is 29.8 Å². The fraction of sp³-hybridized carbons (Fsp3) is 0.161. The molecule has 0 bridgehead atoms. The molecule has 0 unspecified atom stereocenters. The van der Waals surface area contributed by atoms with Gasteiger partial charge in [-0.25, -0.2) is 13.8 Å². The number of anilines is 1. The molecule has 0 spiro atoms. The molecule has 0 aliphatic rings. The lowest BCUT2D eigenvalue weighted by Crippen LogP contribution is -2.33. The van der Waals surface area contributed by atoms with Gasteiger partial charge in [-0.3, -0.25) is 9.10 Å². The van der Waals surface area contributed by atoms with Crippen molar-refractivity contribution in [1.29, 1.82) is 0 Å². The zero-order valence-electron chi connectivity index (χ0n) is 22.5. The summed E-state index contributed by atoms with van der Waals surface area (Å²) in [5.41, 5.74) is 4.43. The predicted octanol–water partition coefficient (Wildman–Crippen LogP) is 5.64. The van der Waals surface area contributed by atoms with Gasteiger partial charge in [0.25, 0.3) is 15.9 Å². The van der Waals surface area contributed by atoms with Crippen molar-refractivity contribution >= 4 is 27.8 Å². The van der Waals surface area contributed by atoms with Crippen molar-refractivity contribution in [3.05, 3.63) is 120 Å². The van der Waals surface area contributed by atoms with Gasteiger partial charge < -0.3 is 9.47 Å². The second kappa shape index (κ2) is 12.9. The lowest BCUT2D eigenvalue weighted by atomic mass is 10.1. The van der Waals surface area contributed by atoms with E-state index < -0.39 is 15.9 Å². The number of nitrogens with zero attached hydrogens (tertiary/aromatic N) is 2. The van der Waals surface area contributed by atoms with Gasteiger partial charge in [-0.1, -0.05) is 42.5 Å². The molecule has 1 N–H and O–H groups in total. The highest BCUT2D eigenvalue weighted by molar-refractivity contribution is 7.92. The predicted molar refractivity (Wildman–Crippen MR) is 157 cm³/mol. The average Bonchev–Trinajstić information content (AvgIpc) is 2.97. The van der Waals surface area contributed by atoms with Crippen LogP contribution in [0.15, 0.2) is 113 Å². The van der Waals surface area contributed by atoms with Crippen LogP contribution in [0.1, 0.15) is 35.3 Å². The van der Waals surface area contributed by atoms with E-state index in [4.69, 9.17) is 9.47 Å². The molecule has 0 aliphatic carbocycles. The molecule has 0 aromatic heterocycles. The van der Waals surface area contributed by atoms with E-state index in [0.717, 1.165) is 16.9 Å². The van der Waals surface area contributed by atoms with E-state index in [2.05, 4.69) is 10.5 Å². The standard InChI is InChI=1S/C31H31N3O5S/c1-23(2)39-27-15-13-24(14-16-27)21-32-33-31(35)29-11-7-8-12-30(29)34(22-25-9-5-4-6-10-25)40(36,37)28-19-17-26(38-3)18-20-28/h4-21,23H,22H2,1-3H3,(H,33,35)/b32-21-. The third-order valence-corrected chi connectivity index (χ3v) is 7.64. The lowest BCUT2D eigenvalue weighted by molar-refractivity contribution is 0.0955. The Bertz CT molecular complexity index is 1550. The summed E-state index contributed by atoms with van der Waals surface area (Å²) in [6, 6.07) is 29.2. The zero-order valence-corrected chi connectivity index (χ0v) is 23.3. The fourth-order valence-electron chi connectivity index (χ4n) is 3.94. The minimum Gasteiger partial charge on any atom is -0.497 e. The highest BCUT2D eigenvalue weighted by Crippen LogP contribution is 2.30. The van der Waals surface area contributed by atoms with Crippen LogP contribution in [0, 0.1) is 0 Å². The Labute approximate surface area is 234 Å². The number of rotatable bonds is 11. The Balaban J connectivity index is 1.63. The van der Waals surface area contributed by atoms with Crippen LogP contribution in [0.2, 0.25) is 0 Å². The SMILES string of the molecule is COc1ccc(S(=O)(=O)N(Cc2ccccc2)c2ccccc2C(=O)N/N=C\c2ccc(OC(C)C)cc2)cc1. The fourth-order valence-corrected chi connectivity index (χ4v) is 5.41. The smallest absolute Gasteiger partial charge is 0.273 e. The first-order valence-corrected chi connectivity index (χ1v) is 14.1. The molecule has 0 radical (unpaired) electrons. The molecule has 4 aromatic carbocycles. The summed E-state index contributed by atoms with van der Waals surface area (Å²) >= 11 is 0. The maximum absolute atomic E-state index is 13.9. The van der Waals surface area contributed by atoms with Crippen molar-refractivity contribution in [1.82, 2.24) is 5.43 Å². The first kappa shape index (κ1) is 28.4. The summed E-state index contributed by atoms with van der Waals surface area (Å²) in [6.45, 7) is 3.92. The number of carbonyl (C=O) groups excluding carboxylic acids is 1. The van der Waals surface area contributed by atoms with Crippen molar-refractivity contribution in [2.24, 2.45) is 5.10 Å². The number of hydrogen-bond donors (Lipinski definition) is 1. The molecule has 0 saturated carbocycles. The zero-order chi connectivity index (χ0) is 28.5. The average molecular weight is 558 g/mol. The van der Waals surface area contributed by atoms with Gasteiger partial charge in [-0.05, 0) is 85.6 Å². The number of carbonyl (C=O) groups is 1. The quantitative estimate of drug-likeness (QED) is 0.190. The molecule has 0 aliphatic heterocycles. The van der Waals surface area contributed by atoms with Crippen LogP contribution in [0.3, 0.4) is 0 Å². The lowest BCUT2D eigenvalue weighted by Gasteiger charge is -2.26. The van der Waals surface area contributed by atoms with E-state index >= 15 is 0 Å². The molecule has 40 heavy (non-hydrogen) atoms. The van der Waals surface area contributed by atoms with Crippen LogP contribution >= 0.6 is 0 Å². The highest BCUT2D eigenvalue weighted by Gasteiger charge is 2.28. The van der Waals surface area contributed by atoms with E-state index in [9.17, 15) is 13.2 Å². The molecule has 4 aromatic rings. The minimum atomic E-state index is -4.06. The van der Waals surface area contributed by atoms with E-state index in [1.807, 2.05) is 68.4 Å². The molecule has 0 atom stereocenters. The summed E-state index contributed by atoms with van der Waals surface area (Å²) in [6.07, 6.45) is 1.57. The van der Waals surface area contributed by atoms with Gasteiger partial charge in [0.2, 0.25) is 0 Å².